The van der Waals surface area contributed by atoms with E-state index in [2.05, 4.69) is 48.5 Å². The third kappa shape index (κ3) is 9.61. The first-order chi connectivity index (χ1) is 7.47. The Morgan fingerprint density at radius 3 is 1.65 bits per heavy atom. The minimum absolute atomic E-state index is 0.0307. The van der Waals surface area contributed by atoms with Gasteiger partial charge in [0.1, 0.15) is 0 Å². The van der Waals surface area contributed by atoms with Crippen molar-refractivity contribution in [2.24, 2.45) is 5.41 Å². The second kappa shape index (κ2) is 6.19. The Morgan fingerprint density at radius 1 is 0.706 bits per heavy atom. The fraction of sp³-hybridized carbons (Fsp3) is 1.00. The van der Waals surface area contributed by atoms with Gasteiger partial charge in [0.2, 0.25) is 0 Å². The molecule has 17 heavy (non-hydrogen) atoms. The number of hydrogen-bond acceptors (Lipinski definition) is 2. The van der Waals surface area contributed by atoms with Gasteiger partial charge in [-0.15, -0.1) is 0 Å². The number of methoxy groups -OCH3 is 1. The maximum Gasteiger partial charge on any atom is 0.0644 e. The van der Waals surface area contributed by atoms with Gasteiger partial charge in [-0.05, 0) is 52.4 Å². The molecule has 0 amide bonds. The van der Waals surface area contributed by atoms with Crippen LogP contribution in [-0.4, -0.2) is 24.9 Å². The molecule has 0 aliphatic rings. The lowest BCUT2D eigenvalue weighted by Crippen LogP contribution is -2.30. The minimum Gasteiger partial charge on any atom is -0.379 e. The van der Waals surface area contributed by atoms with E-state index in [0.717, 1.165) is 19.4 Å². The van der Waals surface area contributed by atoms with E-state index in [9.17, 15) is 0 Å². The van der Waals surface area contributed by atoms with E-state index in [0.29, 0.717) is 5.41 Å². The maximum atomic E-state index is 5.98. The summed E-state index contributed by atoms with van der Waals surface area (Å²) in [6.45, 7) is 16.1. The van der Waals surface area contributed by atoms with Gasteiger partial charge in [-0.1, -0.05) is 20.8 Å². The molecule has 0 spiro atoms. The van der Waals surface area contributed by atoms with E-state index < -0.39 is 0 Å². The Bertz CT molecular complexity index is 211. The quantitative estimate of drug-likeness (QED) is 0.660. The van der Waals surface area contributed by atoms with Crippen LogP contribution in [0.15, 0.2) is 0 Å². The van der Waals surface area contributed by atoms with Crippen LogP contribution in [0.2, 0.25) is 0 Å². The average molecular weight is 244 g/mol. The van der Waals surface area contributed by atoms with Crippen molar-refractivity contribution < 1.29 is 9.47 Å². The summed E-state index contributed by atoms with van der Waals surface area (Å²) in [4.78, 5) is 0. The van der Waals surface area contributed by atoms with E-state index in [1.165, 1.54) is 6.42 Å². The summed E-state index contributed by atoms with van der Waals surface area (Å²) < 4.78 is 11.4. The van der Waals surface area contributed by atoms with Crippen LogP contribution >= 0.6 is 0 Å². The fourth-order valence-electron chi connectivity index (χ4n) is 1.42. The van der Waals surface area contributed by atoms with Crippen LogP contribution in [0, 0.1) is 5.41 Å². The molecular formula is C15H32O2. The summed E-state index contributed by atoms with van der Waals surface area (Å²) in [7, 11) is 1.75. The molecule has 0 atom stereocenters. The molecule has 0 saturated carbocycles. The highest BCUT2D eigenvalue weighted by Gasteiger charge is 2.23. The van der Waals surface area contributed by atoms with Crippen LogP contribution in [0.3, 0.4) is 0 Å². The fourth-order valence-corrected chi connectivity index (χ4v) is 1.42. The smallest absolute Gasteiger partial charge is 0.0644 e. The molecule has 0 unspecified atom stereocenters. The lowest BCUT2D eigenvalue weighted by molar-refractivity contribution is -0.0644. The highest BCUT2D eigenvalue weighted by Crippen LogP contribution is 2.27. The van der Waals surface area contributed by atoms with Crippen molar-refractivity contribution in [2.45, 2.75) is 78.9 Å². The zero-order chi connectivity index (χ0) is 13.7. The molecule has 0 aliphatic heterocycles. The molecule has 0 aliphatic carbocycles. The molecule has 0 bridgehead atoms. The van der Waals surface area contributed by atoms with E-state index in [-0.39, 0.29) is 11.2 Å². The van der Waals surface area contributed by atoms with Crippen molar-refractivity contribution in [3.63, 3.8) is 0 Å². The van der Waals surface area contributed by atoms with E-state index in [4.69, 9.17) is 9.47 Å². The summed E-state index contributed by atoms with van der Waals surface area (Å²) >= 11 is 0. The minimum atomic E-state index is -0.0832. The second-order valence-corrected chi connectivity index (χ2v) is 7.38. The number of ether oxygens (including phenoxy) is 2. The topological polar surface area (TPSA) is 18.5 Å². The molecule has 0 saturated heterocycles. The molecule has 2 nitrogen and oxygen atoms in total. The lowest BCUT2D eigenvalue weighted by atomic mass is 9.86. The zero-order valence-electron chi connectivity index (χ0n) is 13.1. The zero-order valence-corrected chi connectivity index (χ0v) is 13.1. The Hall–Kier alpha value is -0.0800. The SMILES string of the molecule is COC(C)(C)CCOC(C)(C)CCC(C)(C)C. The van der Waals surface area contributed by atoms with Crippen LogP contribution in [0.25, 0.3) is 0 Å². The first-order valence-corrected chi connectivity index (χ1v) is 6.67. The van der Waals surface area contributed by atoms with Crippen LogP contribution in [0.4, 0.5) is 0 Å². The van der Waals surface area contributed by atoms with Gasteiger partial charge >= 0.3 is 0 Å². The Labute approximate surface area is 108 Å². The Morgan fingerprint density at radius 2 is 1.24 bits per heavy atom. The van der Waals surface area contributed by atoms with Gasteiger partial charge < -0.3 is 9.47 Å². The molecule has 0 heterocycles. The molecule has 0 radical (unpaired) electrons. The van der Waals surface area contributed by atoms with Crippen LogP contribution in [0.5, 0.6) is 0 Å². The van der Waals surface area contributed by atoms with Gasteiger partial charge in [0.15, 0.2) is 0 Å². The molecular weight excluding hydrogens is 212 g/mol. The summed E-state index contributed by atoms with van der Waals surface area (Å²) in [6.07, 6.45) is 3.22. The number of hydrogen-bond donors (Lipinski definition) is 0. The molecule has 0 fully saturated rings. The second-order valence-electron chi connectivity index (χ2n) is 7.38. The van der Waals surface area contributed by atoms with Gasteiger partial charge in [0, 0.05) is 7.11 Å². The third-order valence-electron chi connectivity index (χ3n) is 3.23. The third-order valence-corrected chi connectivity index (χ3v) is 3.23. The van der Waals surface area contributed by atoms with Gasteiger partial charge in [-0.25, -0.2) is 0 Å². The van der Waals surface area contributed by atoms with E-state index in [1.54, 1.807) is 7.11 Å². The van der Waals surface area contributed by atoms with Crippen LogP contribution < -0.4 is 0 Å². The van der Waals surface area contributed by atoms with Crippen molar-refractivity contribution in [1.82, 2.24) is 0 Å². The van der Waals surface area contributed by atoms with Gasteiger partial charge in [-0.2, -0.15) is 0 Å². The molecule has 0 rings (SSSR count). The standard InChI is InChI=1S/C15H32O2/c1-13(2,3)9-10-15(6,7)17-12-11-14(4,5)16-8/h9-12H2,1-8H3. The van der Waals surface area contributed by atoms with Crippen LogP contribution in [0.1, 0.15) is 67.7 Å². The summed E-state index contributed by atoms with van der Waals surface area (Å²) in [5.41, 5.74) is 0.267. The van der Waals surface area contributed by atoms with Crippen molar-refractivity contribution in [3.05, 3.63) is 0 Å². The molecule has 2 heteroatoms. The first kappa shape index (κ1) is 16.9. The largest absolute Gasteiger partial charge is 0.379 e. The molecule has 0 aromatic carbocycles. The summed E-state index contributed by atoms with van der Waals surface area (Å²) in [5.74, 6) is 0. The lowest BCUT2D eigenvalue weighted by Gasteiger charge is -2.31. The van der Waals surface area contributed by atoms with Crippen molar-refractivity contribution in [1.29, 1.82) is 0 Å². The molecule has 0 N–H and O–H groups in total. The van der Waals surface area contributed by atoms with Crippen molar-refractivity contribution in [2.75, 3.05) is 13.7 Å². The van der Waals surface area contributed by atoms with Gasteiger partial charge in [-0.3, -0.25) is 0 Å². The highest BCUT2D eigenvalue weighted by molar-refractivity contribution is 4.74. The van der Waals surface area contributed by atoms with E-state index in [1.807, 2.05) is 0 Å². The predicted octanol–water partition coefficient (Wildman–Crippen LogP) is 4.42. The highest BCUT2D eigenvalue weighted by atomic mass is 16.5. The molecule has 0 aromatic heterocycles. The van der Waals surface area contributed by atoms with Gasteiger partial charge in [0.25, 0.3) is 0 Å². The van der Waals surface area contributed by atoms with Crippen molar-refractivity contribution in [3.8, 4) is 0 Å². The number of rotatable bonds is 7. The summed E-state index contributed by atoms with van der Waals surface area (Å²) in [5, 5.41) is 0. The normalized spacial score (nSPS) is 14.1. The summed E-state index contributed by atoms with van der Waals surface area (Å²) in [6, 6.07) is 0. The molecule has 104 valence electrons. The molecule has 0 aromatic rings. The van der Waals surface area contributed by atoms with Crippen LogP contribution in [-0.2, 0) is 9.47 Å². The average Bonchev–Trinajstić information content (AvgIpc) is 2.13. The maximum absolute atomic E-state index is 5.98. The Balaban J connectivity index is 3.94. The van der Waals surface area contributed by atoms with Gasteiger partial charge in [0.05, 0.1) is 17.8 Å². The van der Waals surface area contributed by atoms with Crippen molar-refractivity contribution >= 4 is 0 Å². The first-order valence-electron chi connectivity index (χ1n) is 6.67. The predicted molar refractivity (Wildman–Crippen MR) is 74.4 cm³/mol. The van der Waals surface area contributed by atoms with E-state index >= 15 is 0 Å². The monoisotopic (exact) mass is 244 g/mol. The Kier molecular flexibility index (Phi) is 6.16.